The molecule has 2 aliphatic heterocycles. The number of nitrogens with one attached hydrogen (secondary N) is 3. The Morgan fingerprint density at radius 3 is 3.03 bits per heavy atom. The van der Waals surface area contributed by atoms with Crippen molar-refractivity contribution < 1.29 is 9.13 Å². The maximum Gasteiger partial charge on any atom is 0.319 e. The Morgan fingerprint density at radius 2 is 2.21 bits per heavy atom. The number of rotatable bonds is 7. The molecule has 6 rings (SSSR count). The quantitative estimate of drug-likeness (QED) is 0.328. The average molecular weight is 538 g/mol. The van der Waals surface area contributed by atoms with Gasteiger partial charge in [-0.15, -0.1) is 0 Å². The van der Waals surface area contributed by atoms with Gasteiger partial charge < -0.3 is 24.8 Å². The molecule has 2 atom stereocenters. The monoisotopic (exact) mass is 537 g/mol. The summed E-state index contributed by atoms with van der Waals surface area (Å²) >= 11 is 6.43. The van der Waals surface area contributed by atoms with Gasteiger partial charge in [0.1, 0.15) is 23.5 Å². The van der Waals surface area contributed by atoms with Crippen LogP contribution >= 0.6 is 11.6 Å². The van der Waals surface area contributed by atoms with E-state index in [-0.39, 0.29) is 11.1 Å². The molecular formula is C26H29ClFN9O. The Balaban J connectivity index is 1.39. The number of hydrogen-bond donors (Lipinski definition) is 3. The van der Waals surface area contributed by atoms with Gasteiger partial charge in [-0.1, -0.05) is 11.6 Å². The highest BCUT2D eigenvalue weighted by atomic mass is 35.5. The van der Waals surface area contributed by atoms with Crippen LogP contribution in [0.15, 0.2) is 18.5 Å². The molecule has 0 spiro atoms. The zero-order valence-corrected chi connectivity index (χ0v) is 21.9. The fourth-order valence-corrected chi connectivity index (χ4v) is 5.76. The first-order valence-corrected chi connectivity index (χ1v) is 13.3. The van der Waals surface area contributed by atoms with E-state index in [2.05, 4.69) is 43.4 Å². The Hall–Kier alpha value is -3.46. The van der Waals surface area contributed by atoms with Gasteiger partial charge in [-0.2, -0.15) is 20.3 Å². The van der Waals surface area contributed by atoms with Crippen molar-refractivity contribution in [2.24, 2.45) is 0 Å². The lowest BCUT2D eigenvalue weighted by molar-refractivity contribution is 0.188. The Morgan fingerprint density at radius 1 is 1.32 bits per heavy atom. The summed E-state index contributed by atoms with van der Waals surface area (Å²) in [6.45, 7) is 3.68. The molecule has 3 aromatic heterocycles. The third kappa shape index (κ3) is 4.64. The first-order valence-electron chi connectivity index (χ1n) is 12.9. The van der Waals surface area contributed by atoms with E-state index in [0.717, 1.165) is 54.8 Å². The Kier molecular flexibility index (Phi) is 6.78. The predicted molar refractivity (Wildman–Crippen MR) is 143 cm³/mol. The zero-order valence-electron chi connectivity index (χ0n) is 21.1. The van der Waals surface area contributed by atoms with E-state index in [9.17, 15) is 9.65 Å². The number of nitrogens with zero attached hydrogens (tertiary/aromatic N) is 6. The highest BCUT2D eigenvalue weighted by Crippen LogP contribution is 2.34. The van der Waals surface area contributed by atoms with Crippen LogP contribution in [0.3, 0.4) is 0 Å². The van der Waals surface area contributed by atoms with Crippen LogP contribution in [0.1, 0.15) is 30.4 Å². The molecule has 2 aliphatic rings. The number of likely N-dealkylation sites (N-methyl/N-ethyl adjacent to an activating group) is 1. The van der Waals surface area contributed by atoms with Crippen LogP contribution in [0.5, 0.6) is 6.01 Å². The van der Waals surface area contributed by atoms with Gasteiger partial charge in [-0.05, 0) is 32.0 Å². The molecule has 10 nitrogen and oxygen atoms in total. The molecule has 0 aliphatic carbocycles. The van der Waals surface area contributed by atoms with E-state index in [4.69, 9.17) is 26.3 Å². The van der Waals surface area contributed by atoms with Gasteiger partial charge >= 0.3 is 6.01 Å². The summed E-state index contributed by atoms with van der Waals surface area (Å²) < 4.78 is 20.8. The Bertz CT molecular complexity index is 1510. The lowest BCUT2D eigenvalue weighted by Crippen LogP contribution is -2.51. The molecule has 0 radical (unpaired) electrons. The highest BCUT2D eigenvalue weighted by Gasteiger charge is 2.27. The van der Waals surface area contributed by atoms with Gasteiger partial charge in [-0.25, -0.2) is 4.39 Å². The number of benzene rings is 1. The van der Waals surface area contributed by atoms with Gasteiger partial charge in [0.2, 0.25) is 0 Å². The van der Waals surface area contributed by atoms with Crippen molar-refractivity contribution in [2.75, 3.05) is 44.7 Å². The number of hydrogen-bond acceptors (Lipinski definition) is 8. The maximum atomic E-state index is 14.6. The minimum Gasteiger partial charge on any atom is -0.462 e. The van der Waals surface area contributed by atoms with Crippen molar-refractivity contribution in [3.8, 4) is 12.1 Å². The number of anilines is 1. The molecular weight excluding hydrogens is 509 g/mol. The molecule has 1 aromatic carbocycles. The number of ether oxygens (including phenoxy) is 1. The molecule has 198 valence electrons. The Labute approximate surface area is 224 Å². The number of aromatic amines is 2. The van der Waals surface area contributed by atoms with Gasteiger partial charge in [-0.3, -0.25) is 5.10 Å². The van der Waals surface area contributed by atoms with E-state index in [1.807, 2.05) is 6.20 Å². The average Bonchev–Trinajstić information content (AvgIpc) is 3.65. The second-order valence-corrected chi connectivity index (χ2v) is 10.5. The molecule has 2 saturated heterocycles. The smallest absolute Gasteiger partial charge is 0.319 e. The van der Waals surface area contributed by atoms with Crippen molar-refractivity contribution in [2.45, 2.75) is 37.8 Å². The third-order valence-corrected chi connectivity index (χ3v) is 8.05. The number of nitriles is 1. The standard InChI is InChI=1S/C26H29ClFN9O/c1-36-7-2-3-17(36)14-38-26-33-23-15(9-18-19-12-32-35-21(19)10-20(28)22(18)27)11-31-24(23)25(34-26)37-8-6-30-16(13-37)4-5-29/h10-12,16-17,30-31H,2-4,6-9,13-14H2,1H3,(H,32,35). The molecule has 0 bridgehead atoms. The van der Waals surface area contributed by atoms with E-state index < -0.39 is 5.82 Å². The SMILES string of the molecule is CN1CCCC1COc1nc(N2CCNC(CC#N)C2)c2[nH]cc(Cc3c(Cl)c(F)cc4[nH]ncc34)c2n1. The van der Waals surface area contributed by atoms with Crippen LogP contribution in [0.4, 0.5) is 10.2 Å². The lowest BCUT2D eigenvalue weighted by Gasteiger charge is -2.33. The second kappa shape index (κ2) is 10.4. The molecule has 2 unspecified atom stereocenters. The minimum absolute atomic E-state index is 0.0465. The van der Waals surface area contributed by atoms with E-state index >= 15 is 0 Å². The summed E-state index contributed by atoms with van der Waals surface area (Å²) in [7, 11) is 2.11. The minimum atomic E-state index is -0.498. The summed E-state index contributed by atoms with van der Waals surface area (Å²) in [5.74, 6) is 0.238. The van der Waals surface area contributed by atoms with E-state index in [1.165, 1.54) is 6.07 Å². The van der Waals surface area contributed by atoms with Crippen LogP contribution in [-0.4, -0.2) is 82.0 Å². The predicted octanol–water partition coefficient (Wildman–Crippen LogP) is 3.38. The molecule has 38 heavy (non-hydrogen) atoms. The summed E-state index contributed by atoms with van der Waals surface area (Å²) in [5.41, 5.74) is 3.56. The third-order valence-electron chi connectivity index (χ3n) is 7.64. The van der Waals surface area contributed by atoms with Crippen LogP contribution in [0, 0.1) is 17.1 Å². The number of fused-ring (bicyclic) bond motifs is 2. The fraction of sp³-hybridized carbons (Fsp3) is 0.462. The van der Waals surface area contributed by atoms with Crippen LogP contribution in [-0.2, 0) is 6.42 Å². The first-order chi connectivity index (χ1) is 18.5. The van der Waals surface area contributed by atoms with Crippen LogP contribution in [0.2, 0.25) is 5.02 Å². The summed E-state index contributed by atoms with van der Waals surface area (Å²) in [6, 6.07) is 4.29. The molecule has 0 saturated carbocycles. The molecule has 0 amide bonds. The largest absolute Gasteiger partial charge is 0.462 e. The normalized spacial score (nSPS) is 20.4. The summed E-state index contributed by atoms with van der Waals surface area (Å²) in [5, 5.41) is 20.4. The molecule has 3 N–H and O–H groups in total. The maximum absolute atomic E-state index is 14.6. The van der Waals surface area contributed by atoms with Crippen LogP contribution in [0.25, 0.3) is 21.9 Å². The topological polar surface area (TPSA) is 122 Å². The zero-order chi connectivity index (χ0) is 26.2. The number of piperazine rings is 1. The van der Waals surface area contributed by atoms with Gasteiger partial charge in [0, 0.05) is 61.4 Å². The number of aromatic nitrogens is 5. The lowest BCUT2D eigenvalue weighted by atomic mass is 10.0. The van der Waals surface area contributed by atoms with Crippen molar-refractivity contribution >= 4 is 39.4 Å². The molecule has 5 heterocycles. The first kappa shape index (κ1) is 24.9. The second-order valence-electron chi connectivity index (χ2n) is 10.1. The van der Waals surface area contributed by atoms with Gasteiger partial charge in [0.05, 0.1) is 29.2 Å². The van der Waals surface area contributed by atoms with Gasteiger partial charge in [0.15, 0.2) is 5.82 Å². The number of likely N-dealkylation sites (tertiary alicyclic amines) is 1. The number of H-pyrrole nitrogens is 2. The van der Waals surface area contributed by atoms with Crippen molar-refractivity contribution in [1.82, 2.24) is 35.4 Å². The van der Waals surface area contributed by atoms with Gasteiger partial charge in [0.25, 0.3) is 0 Å². The molecule has 2 fully saturated rings. The van der Waals surface area contributed by atoms with Crippen molar-refractivity contribution in [1.29, 1.82) is 5.26 Å². The number of halogens is 2. The van der Waals surface area contributed by atoms with E-state index in [1.54, 1.807) is 6.20 Å². The fourth-order valence-electron chi connectivity index (χ4n) is 5.54. The summed E-state index contributed by atoms with van der Waals surface area (Å²) in [4.78, 5) is 17.5. The highest BCUT2D eigenvalue weighted by molar-refractivity contribution is 6.32. The molecule has 4 aromatic rings. The van der Waals surface area contributed by atoms with Crippen molar-refractivity contribution in [3.05, 3.63) is 40.4 Å². The molecule has 12 heteroatoms. The summed E-state index contributed by atoms with van der Waals surface area (Å²) in [6.07, 6.45) is 6.53. The van der Waals surface area contributed by atoms with Crippen molar-refractivity contribution in [3.63, 3.8) is 0 Å². The van der Waals surface area contributed by atoms with E-state index in [0.29, 0.717) is 54.6 Å². The van der Waals surface area contributed by atoms with Crippen LogP contribution < -0.4 is 15.0 Å².